The third kappa shape index (κ3) is 2.19. The van der Waals surface area contributed by atoms with Gasteiger partial charge < -0.3 is 9.52 Å². The van der Waals surface area contributed by atoms with Crippen molar-refractivity contribution in [1.29, 1.82) is 0 Å². The molecule has 20 heavy (non-hydrogen) atoms. The predicted molar refractivity (Wildman–Crippen MR) is 79.8 cm³/mol. The Morgan fingerprint density at radius 3 is 2.90 bits per heavy atom. The van der Waals surface area contributed by atoms with Crippen LogP contribution in [-0.4, -0.2) is 10.1 Å². The topological polar surface area (TPSA) is 66.2 Å². The highest BCUT2D eigenvalue weighted by Gasteiger charge is 2.16. The average molecular weight is 334 g/mol. The van der Waals surface area contributed by atoms with Gasteiger partial charge >= 0.3 is 5.76 Å². The minimum atomic E-state index is -0.783. The Kier molecular flexibility index (Phi) is 3.23. The van der Waals surface area contributed by atoms with Gasteiger partial charge in [0.05, 0.1) is 5.52 Å². The molecule has 4 nitrogen and oxygen atoms in total. The molecule has 1 aromatic heterocycles. The van der Waals surface area contributed by atoms with Gasteiger partial charge in [0.1, 0.15) is 6.10 Å². The largest absolute Gasteiger partial charge is 0.417 e. The van der Waals surface area contributed by atoms with Crippen LogP contribution in [0.4, 0.5) is 0 Å². The number of oxazole rings is 1. The minimum Gasteiger partial charge on any atom is -0.408 e. The lowest BCUT2D eigenvalue weighted by Crippen LogP contribution is -2.01. The summed E-state index contributed by atoms with van der Waals surface area (Å²) in [4.78, 5) is 13.7. The van der Waals surface area contributed by atoms with E-state index >= 15 is 0 Å². The molecule has 0 spiro atoms. The number of aromatic amines is 1. The van der Waals surface area contributed by atoms with Crippen molar-refractivity contribution in [2.24, 2.45) is 0 Å². The molecule has 0 aliphatic heterocycles. The van der Waals surface area contributed by atoms with Crippen LogP contribution < -0.4 is 5.76 Å². The number of benzene rings is 2. The number of rotatable bonds is 2. The lowest BCUT2D eigenvalue weighted by molar-refractivity contribution is 0.219. The highest BCUT2D eigenvalue weighted by atomic mass is 79.9. The smallest absolute Gasteiger partial charge is 0.408 e. The number of nitrogens with one attached hydrogen (secondary N) is 1. The summed E-state index contributed by atoms with van der Waals surface area (Å²) >= 11 is 3.49. The maximum absolute atomic E-state index is 11.1. The summed E-state index contributed by atoms with van der Waals surface area (Å²) in [5.41, 5.74) is 3.56. The van der Waals surface area contributed by atoms with Crippen molar-refractivity contribution >= 4 is 27.0 Å². The van der Waals surface area contributed by atoms with Crippen molar-refractivity contribution in [1.82, 2.24) is 4.98 Å². The molecule has 0 saturated heterocycles. The summed E-state index contributed by atoms with van der Waals surface area (Å²) < 4.78 is 5.89. The Balaban J connectivity index is 2.09. The molecule has 3 rings (SSSR count). The summed E-state index contributed by atoms with van der Waals surface area (Å²) in [6, 6.07) is 10.9. The van der Waals surface area contributed by atoms with E-state index in [9.17, 15) is 9.90 Å². The van der Waals surface area contributed by atoms with E-state index in [-0.39, 0.29) is 0 Å². The zero-order chi connectivity index (χ0) is 14.3. The fraction of sp³-hybridized carbons (Fsp3) is 0.133. The molecule has 5 heteroatoms. The number of aliphatic hydroxyl groups is 1. The summed E-state index contributed by atoms with van der Waals surface area (Å²) in [5, 5.41) is 10.5. The molecule has 0 fully saturated rings. The minimum absolute atomic E-state index is 0.440. The van der Waals surface area contributed by atoms with Crippen molar-refractivity contribution < 1.29 is 9.52 Å². The SMILES string of the molecule is Cc1cccc(C(O)c2ccc3[nH]c(=O)oc3c2)c1Br. The van der Waals surface area contributed by atoms with E-state index in [1.807, 2.05) is 25.1 Å². The summed E-state index contributed by atoms with van der Waals surface area (Å²) in [6.07, 6.45) is -0.783. The zero-order valence-corrected chi connectivity index (χ0v) is 12.3. The maximum atomic E-state index is 11.1. The lowest BCUT2D eigenvalue weighted by atomic mass is 10.00. The van der Waals surface area contributed by atoms with Gasteiger partial charge in [-0.3, -0.25) is 4.98 Å². The van der Waals surface area contributed by atoms with Crippen LogP contribution in [0.3, 0.4) is 0 Å². The number of aromatic nitrogens is 1. The van der Waals surface area contributed by atoms with Gasteiger partial charge in [-0.1, -0.05) is 40.2 Å². The van der Waals surface area contributed by atoms with Gasteiger partial charge in [-0.15, -0.1) is 0 Å². The standard InChI is InChI=1S/C15H12BrNO3/c1-8-3-2-4-10(13(8)16)14(18)9-5-6-11-12(7-9)20-15(19)17-11/h2-7,14,18H,1H3,(H,17,19). The fourth-order valence-corrected chi connectivity index (χ4v) is 2.67. The molecule has 2 N–H and O–H groups in total. The van der Waals surface area contributed by atoms with Crippen molar-refractivity contribution in [3.63, 3.8) is 0 Å². The number of halogens is 1. The van der Waals surface area contributed by atoms with E-state index in [4.69, 9.17) is 4.42 Å². The molecule has 1 heterocycles. The average Bonchev–Trinajstić information content (AvgIpc) is 2.80. The van der Waals surface area contributed by atoms with E-state index in [0.717, 1.165) is 15.6 Å². The Hall–Kier alpha value is -1.85. The van der Waals surface area contributed by atoms with E-state index in [2.05, 4.69) is 20.9 Å². The van der Waals surface area contributed by atoms with Gasteiger partial charge in [-0.2, -0.15) is 0 Å². The van der Waals surface area contributed by atoms with Crippen LogP contribution >= 0.6 is 15.9 Å². The quantitative estimate of drug-likeness (QED) is 0.756. The van der Waals surface area contributed by atoms with Crippen LogP contribution in [0.1, 0.15) is 22.8 Å². The molecule has 0 saturated carbocycles. The molecular formula is C15H12BrNO3. The van der Waals surface area contributed by atoms with Crippen molar-refractivity contribution in [2.75, 3.05) is 0 Å². The normalized spacial score (nSPS) is 12.8. The lowest BCUT2D eigenvalue weighted by Gasteiger charge is -2.14. The molecule has 1 atom stereocenters. The molecule has 2 aromatic carbocycles. The maximum Gasteiger partial charge on any atom is 0.417 e. The number of hydrogen-bond acceptors (Lipinski definition) is 3. The molecule has 102 valence electrons. The second-order valence-corrected chi connectivity index (χ2v) is 5.44. The first kappa shape index (κ1) is 13.1. The van der Waals surface area contributed by atoms with E-state index in [1.54, 1.807) is 18.2 Å². The van der Waals surface area contributed by atoms with Crippen LogP contribution in [0.25, 0.3) is 11.1 Å². The number of H-pyrrole nitrogens is 1. The van der Waals surface area contributed by atoms with Crippen LogP contribution in [-0.2, 0) is 0 Å². The van der Waals surface area contributed by atoms with Crippen molar-refractivity contribution in [2.45, 2.75) is 13.0 Å². The van der Waals surface area contributed by atoms with Gasteiger partial charge in [0.25, 0.3) is 0 Å². The third-order valence-electron chi connectivity index (χ3n) is 3.28. The Bertz CT molecular complexity index is 834. The van der Waals surface area contributed by atoms with Crippen LogP contribution in [0.2, 0.25) is 0 Å². The van der Waals surface area contributed by atoms with Crippen LogP contribution in [0.5, 0.6) is 0 Å². The number of hydrogen-bond donors (Lipinski definition) is 2. The molecule has 0 aliphatic carbocycles. The van der Waals surface area contributed by atoms with Crippen LogP contribution in [0.15, 0.2) is 50.1 Å². The number of fused-ring (bicyclic) bond motifs is 1. The number of aliphatic hydroxyl groups excluding tert-OH is 1. The molecule has 0 radical (unpaired) electrons. The summed E-state index contributed by atoms with van der Waals surface area (Å²) in [7, 11) is 0. The van der Waals surface area contributed by atoms with Gasteiger partial charge in [0, 0.05) is 4.47 Å². The first-order chi connectivity index (χ1) is 9.56. The molecule has 0 bridgehead atoms. The molecule has 1 unspecified atom stereocenters. The highest BCUT2D eigenvalue weighted by Crippen LogP contribution is 2.31. The fourth-order valence-electron chi connectivity index (χ4n) is 2.19. The first-order valence-corrected chi connectivity index (χ1v) is 6.91. The van der Waals surface area contributed by atoms with Crippen molar-refractivity contribution in [3.8, 4) is 0 Å². The third-order valence-corrected chi connectivity index (χ3v) is 4.36. The number of aryl methyl sites for hydroxylation is 1. The van der Waals surface area contributed by atoms with Gasteiger partial charge in [0.2, 0.25) is 0 Å². The first-order valence-electron chi connectivity index (χ1n) is 6.12. The van der Waals surface area contributed by atoms with E-state index < -0.39 is 11.9 Å². The zero-order valence-electron chi connectivity index (χ0n) is 10.7. The molecular weight excluding hydrogens is 322 g/mol. The monoisotopic (exact) mass is 333 g/mol. The van der Waals surface area contributed by atoms with Gasteiger partial charge in [-0.25, -0.2) is 4.79 Å². The Morgan fingerprint density at radius 1 is 1.30 bits per heavy atom. The van der Waals surface area contributed by atoms with Gasteiger partial charge in [-0.05, 0) is 35.7 Å². The van der Waals surface area contributed by atoms with Crippen LogP contribution in [0, 0.1) is 6.92 Å². The molecule has 0 amide bonds. The summed E-state index contributed by atoms with van der Waals surface area (Å²) in [5.74, 6) is -0.497. The van der Waals surface area contributed by atoms with E-state index in [1.165, 1.54) is 0 Å². The molecule has 0 aliphatic rings. The summed E-state index contributed by atoms with van der Waals surface area (Å²) in [6.45, 7) is 1.97. The van der Waals surface area contributed by atoms with E-state index in [0.29, 0.717) is 16.7 Å². The Morgan fingerprint density at radius 2 is 2.10 bits per heavy atom. The molecule has 3 aromatic rings. The second-order valence-electron chi connectivity index (χ2n) is 4.65. The second kappa shape index (κ2) is 4.92. The Labute approximate surface area is 123 Å². The van der Waals surface area contributed by atoms with Crippen molar-refractivity contribution in [3.05, 3.63) is 68.1 Å². The van der Waals surface area contributed by atoms with Gasteiger partial charge in [0.15, 0.2) is 5.58 Å². The highest BCUT2D eigenvalue weighted by molar-refractivity contribution is 9.10. The predicted octanol–water partition coefficient (Wildman–Crippen LogP) is 3.27.